The van der Waals surface area contributed by atoms with E-state index < -0.39 is 0 Å². The topological polar surface area (TPSA) is 26.3 Å². The van der Waals surface area contributed by atoms with Crippen molar-refractivity contribution in [2.75, 3.05) is 0 Å². The first-order chi connectivity index (χ1) is 10.5. The summed E-state index contributed by atoms with van der Waals surface area (Å²) in [6.07, 6.45) is 2.46. The van der Waals surface area contributed by atoms with Gasteiger partial charge in [0.15, 0.2) is 0 Å². The molecule has 0 fully saturated rings. The molecular weight excluding hydrogens is 272 g/mol. The molecule has 0 spiro atoms. The predicted octanol–water partition coefficient (Wildman–Crippen LogP) is 4.69. The molecule has 0 amide bonds. The molecule has 0 aliphatic rings. The Labute approximate surface area is 133 Å². The molecule has 0 unspecified atom stereocenters. The number of rotatable bonds is 7. The highest BCUT2D eigenvalue weighted by atomic mass is 16.5. The maximum atomic E-state index is 10.6. The average Bonchev–Trinajstić information content (AvgIpc) is 2.54. The lowest BCUT2D eigenvalue weighted by atomic mass is 9.82. The first-order valence-corrected chi connectivity index (χ1v) is 7.80. The molecule has 0 radical (unpaired) electrons. The second kappa shape index (κ2) is 7.26. The Hall–Kier alpha value is -2.09. The smallest absolute Gasteiger partial charge is 0.124 e. The lowest BCUT2D eigenvalue weighted by Crippen LogP contribution is -2.15. The summed E-state index contributed by atoms with van der Waals surface area (Å²) in [4.78, 5) is 10.6. The molecule has 2 heteroatoms. The molecule has 2 rings (SSSR count). The summed E-state index contributed by atoms with van der Waals surface area (Å²) in [5.74, 6) is 0.803. The molecule has 0 saturated carbocycles. The Morgan fingerprint density at radius 1 is 1.05 bits per heavy atom. The van der Waals surface area contributed by atoms with Crippen molar-refractivity contribution in [3.05, 3.63) is 65.2 Å². The van der Waals surface area contributed by atoms with Gasteiger partial charge >= 0.3 is 0 Å². The third-order valence-electron chi connectivity index (χ3n) is 4.24. The van der Waals surface area contributed by atoms with Crippen molar-refractivity contribution in [1.29, 1.82) is 0 Å². The van der Waals surface area contributed by atoms with Crippen LogP contribution in [0.15, 0.2) is 48.5 Å². The molecule has 0 saturated heterocycles. The van der Waals surface area contributed by atoms with E-state index in [0.717, 1.165) is 29.6 Å². The van der Waals surface area contributed by atoms with Crippen molar-refractivity contribution >= 4 is 6.29 Å². The van der Waals surface area contributed by atoms with E-state index in [1.54, 1.807) is 0 Å². The highest BCUT2D eigenvalue weighted by Gasteiger charge is 2.17. The lowest BCUT2D eigenvalue weighted by Gasteiger charge is -2.23. The van der Waals surface area contributed by atoms with Crippen LogP contribution < -0.4 is 4.74 Å². The molecule has 0 heterocycles. The largest absolute Gasteiger partial charge is 0.489 e. The van der Waals surface area contributed by atoms with Gasteiger partial charge in [-0.05, 0) is 40.7 Å². The minimum absolute atomic E-state index is 0.211. The second-order valence-corrected chi connectivity index (χ2v) is 6.24. The number of benzene rings is 2. The van der Waals surface area contributed by atoms with Gasteiger partial charge in [-0.2, -0.15) is 0 Å². The fourth-order valence-corrected chi connectivity index (χ4v) is 2.28. The van der Waals surface area contributed by atoms with E-state index in [4.69, 9.17) is 4.74 Å². The zero-order valence-corrected chi connectivity index (χ0v) is 13.6. The third kappa shape index (κ3) is 4.20. The number of hydrogen-bond donors (Lipinski definition) is 0. The minimum Gasteiger partial charge on any atom is -0.489 e. The Kier molecular flexibility index (Phi) is 5.37. The molecule has 0 aliphatic carbocycles. The maximum Gasteiger partial charge on any atom is 0.124 e. The quantitative estimate of drug-likeness (QED) is 0.693. The zero-order valence-electron chi connectivity index (χ0n) is 13.6. The summed E-state index contributed by atoms with van der Waals surface area (Å²) in [6.45, 7) is 7.27. The van der Waals surface area contributed by atoms with Crippen molar-refractivity contribution in [2.45, 2.75) is 45.6 Å². The van der Waals surface area contributed by atoms with Crippen molar-refractivity contribution in [1.82, 2.24) is 0 Å². The third-order valence-corrected chi connectivity index (χ3v) is 4.24. The molecule has 0 N–H and O–H groups in total. The minimum atomic E-state index is 0.211. The summed E-state index contributed by atoms with van der Waals surface area (Å²) in [6, 6.07) is 16.3. The first-order valence-electron chi connectivity index (χ1n) is 7.80. The van der Waals surface area contributed by atoms with Crippen LogP contribution in [-0.2, 0) is 23.2 Å². The van der Waals surface area contributed by atoms with Crippen molar-refractivity contribution in [3.8, 4) is 5.75 Å². The number of carbonyl (C=O) groups is 1. The standard InChI is InChI=1S/C20H24O2/c1-4-20(2,3)18-10-8-17(9-11-18)15-22-19-7-5-6-16(14-19)12-13-21/h5-11,13-14H,4,12,15H2,1-3H3. The van der Waals surface area contributed by atoms with E-state index in [0.29, 0.717) is 13.0 Å². The first kappa shape index (κ1) is 16.3. The highest BCUT2D eigenvalue weighted by Crippen LogP contribution is 2.26. The van der Waals surface area contributed by atoms with E-state index in [-0.39, 0.29) is 5.41 Å². The number of ether oxygens (including phenoxy) is 1. The Morgan fingerprint density at radius 2 is 1.77 bits per heavy atom. The zero-order chi connectivity index (χ0) is 16.0. The van der Waals surface area contributed by atoms with E-state index in [1.807, 2.05) is 24.3 Å². The van der Waals surface area contributed by atoms with Gasteiger partial charge in [0.1, 0.15) is 18.6 Å². The van der Waals surface area contributed by atoms with Gasteiger partial charge in [0.05, 0.1) is 0 Å². The summed E-state index contributed by atoms with van der Waals surface area (Å²) in [5.41, 5.74) is 3.69. The Bertz CT molecular complexity index is 612. The fraction of sp³-hybridized carbons (Fsp3) is 0.350. The molecule has 0 aromatic heterocycles. The van der Waals surface area contributed by atoms with Crippen LogP contribution in [0.5, 0.6) is 5.75 Å². The normalized spacial score (nSPS) is 11.2. The number of aldehydes is 1. The Balaban J connectivity index is 2.00. The van der Waals surface area contributed by atoms with Crippen LogP contribution in [0, 0.1) is 0 Å². The van der Waals surface area contributed by atoms with Gasteiger partial charge in [0, 0.05) is 6.42 Å². The molecule has 22 heavy (non-hydrogen) atoms. The van der Waals surface area contributed by atoms with E-state index in [9.17, 15) is 4.79 Å². The second-order valence-electron chi connectivity index (χ2n) is 6.24. The van der Waals surface area contributed by atoms with Crippen LogP contribution in [-0.4, -0.2) is 6.29 Å². The van der Waals surface area contributed by atoms with Gasteiger partial charge in [-0.1, -0.05) is 57.2 Å². The van der Waals surface area contributed by atoms with Crippen molar-refractivity contribution < 1.29 is 9.53 Å². The van der Waals surface area contributed by atoms with Gasteiger partial charge in [0.2, 0.25) is 0 Å². The van der Waals surface area contributed by atoms with Crippen LogP contribution in [0.1, 0.15) is 43.9 Å². The van der Waals surface area contributed by atoms with Crippen LogP contribution in [0.4, 0.5) is 0 Å². The highest BCUT2D eigenvalue weighted by molar-refractivity contribution is 5.55. The fourth-order valence-electron chi connectivity index (χ4n) is 2.28. The van der Waals surface area contributed by atoms with Gasteiger partial charge in [-0.3, -0.25) is 0 Å². The van der Waals surface area contributed by atoms with E-state index in [2.05, 4.69) is 45.0 Å². The molecule has 2 nitrogen and oxygen atoms in total. The molecule has 0 aliphatic heterocycles. The van der Waals surface area contributed by atoms with E-state index >= 15 is 0 Å². The van der Waals surface area contributed by atoms with Gasteiger partial charge in [-0.25, -0.2) is 0 Å². The average molecular weight is 296 g/mol. The SMILES string of the molecule is CCC(C)(C)c1ccc(COc2cccc(CC=O)c2)cc1. The molecule has 0 atom stereocenters. The lowest BCUT2D eigenvalue weighted by molar-refractivity contribution is -0.107. The summed E-state index contributed by atoms with van der Waals surface area (Å²) >= 11 is 0. The number of carbonyl (C=O) groups excluding carboxylic acids is 1. The van der Waals surface area contributed by atoms with Crippen molar-refractivity contribution in [2.24, 2.45) is 0 Å². The molecule has 2 aromatic carbocycles. The number of hydrogen-bond acceptors (Lipinski definition) is 2. The van der Waals surface area contributed by atoms with Crippen LogP contribution >= 0.6 is 0 Å². The van der Waals surface area contributed by atoms with Crippen LogP contribution in [0.3, 0.4) is 0 Å². The van der Waals surface area contributed by atoms with Crippen LogP contribution in [0.25, 0.3) is 0 Å². The predicted molar refractivity (Wildman–Crippen MR) is 90.3 cm³/mol. The van der Waals surface area contributed by atoms with Crippen molar-refractivity contribution in [3.63, 3.8) is 0 Å². The summed E-state index contributed by atoms with van der Waals surface area (Å²) in [7, 11) is 0. The maximum absolute atomic E-state index is 10.6. The van der Waals surface area contributed by atoms with Gasteiger partial charge < -0.3 is 9.53 Å². The summed E-state index contributed by atoms with van der Waals surface area (Å²) in [5, 5.41) is 0. The molecule has 2 aromatic rings. The van der Waals surface area contributed by atoms with Gasteiger partial charge in [0.25, 0.3) is 0 Å². The monoisotopic (exact) mass is 296 g/mol. The van der Waals surface area contributed by atoms with Gasteiger partial charge in [-0.15, -0.1) is 0 Å². The molecule has 0 bridgehead atoms. The van der Waals surface area contributed by atoms with E-state index in [1.165, 1.54) is 5.56 Å². The van der Waals surface area contributed by atoms with Crippen LogP contribution in [0.2, 0.25) is 0 Å². The Morgan fingerprint density at radius 3 is 2.41 bits per heavy atom. The molecular formula is C20H24O2. The molecule has 116 valence electrons. The summed E-state index contributed by atoms with van der Waals surface area (Å²) < 4.78 is 5.81.